The predicted octanol–water partition coefficient (Wildman–Crippen LogP) is 3.44. The van der Waals surface area contributed by atoms with E-state index in [0.717, 1.165) is 20.0 Å². The van der Waals surface area contributed by atoms with Gasteiger partial charge in [0, 0.05) is 21.8 Å². The normalized spacial score (nSPS) is 12.4. The summed E-state index contributed by atoms with van der Waals surface area (Å²) in [6.45, 7) is 1.75. The quantitative estimate of drug-likeness (QED) is 0.943. The van der Waals surface area contributed by atoms with Crippen molar-refractivity contribution in [2.24, 2.45) is 0 Å². The fourth-order valence-electron chi connectivity index (χ4n) is 1.37. The first-order valence-corrected chi connectivity index (χ1v) is 6.69. The molecule has 1 atom stereocenters. The average Bonchev–Trinajstić information content (AvgIpc) is 2.30. The maximum absolute atomic E-state index is 9.53. The molecule has 2 rings (SSSR count). The van der Waals surface area contributed by atoms with Crippen LogP contribution < -0.4 is 0 Å². The van der Waals surface area contributed by atoms with Crippen molar-refractivity contribution in [3.05, 3.63) is 46.8 Å². The van der Waals surface area contributed by atoms with Crippen LogP contribution in [0.1, 0.15) is 18.6 Å². The van der Waals surface area contributed by atoms with Gasteiger partial charge in [0.1, 0.15) is 5.03 Å². The van der Waals surface area contributed by atoms with E-state index in [1.807, 2.05) is 18.2 Å². The number of rotatable bonds is 3. The van der Waals surface area contributed by atoms with Gasteiger partial charge in [-0.1, -0.05) is 33.8 Å². The van der Waals surface area contributed by atoms with Gasteiger partial charge >= 0.3 is 0 Å². The number of aliphatic hydroxyl groups is 1. The molecule has 0 amide bonds. The van der Waals surface area contributed by atoms with Crippen molar-refractivity contribution in [2.45, 2.75) is 22.9 Å². The van der Waals surface area contributed by atoms with Crippen LogP contribution >= 0.6 is 27.7 Å². The Kier molecular flexibility index (Phi) is 4.15. The standard InChI is InChI=1S/C12H11BrN2OS/c1-8(16)10-3-2-9(6-11(10)13)17-12-7-14-4-5-15-12/h2-8,16H,1H3/t8-/m0/s1. The van der Waals surface area contributed by atoms with Gasteiger partial charge in [-0.05, 0) is 24.6 Å². The van der Waals surface area contributed by atoms with E-state index in [1.54, 1.807) is 25.5 Å². The lowest BCUT2D eigenvalue weighted by Crippen LogP contribution is -1.92. The van der Waals surface area contributed by atoms with Crippen LogP contribution in [0.25, 0.3) is 0 Å². The van der Waals surface area contributed by atoms with Crippen LogP contribution in [0, 0.1) is 0 Å². The summed E-state index contributed by atoms with van der Waals surface area (Å²) in [5, 5.41) is 10.4. The summed E-state index contributed by atoms with van der Waals surface area (Å²) in [7, 11) is 0. The molecule has 0 spiro atoms. The molecule has 0 saturated heterocycles. The Morgan fingerprint density at radius 1 is 1.35 bits per heavy atom. The van der Waals surface area contributed by atoms with Crippen LogP contribution in [0.15, 0.2) is 51.2 Å². The summed E-state index contributed by atoms with van der Waals surface area (Å²) >= 11 is 4.99. The lowest BCUT2D eigenvalue weighted by atomic mass is 10.1. The predicted molar refractivity (Wildman–Crippen MR) is 70.9 cm³/mol. The molecule has 0 radical (unpaired) electrons. The lowest BCUT2D eigenvalue weighted by Gasteiger charge is -2.09. The summed E-state index contributed by atoms with van der Waals surface area (Å²) in [4.78, 5) is 9.27. The van der Waals surface area contributed by atoms with Crippen molar-refractivity contribution in [1.82, 2.24) is 9.97 Å². The van der Waals surface area contributed by atoms with Gasteiger partial charge in [0.05, 0.1) is 12.3 Å². The topological polar surface area (TPSA) is 46.0 Å². The maximum atomic E-state index is 9.53. The highest BCUT2D eigenvalue weighted by Crippen LogP contribution is 2.31. The highest BCUT2D eigenvalue weighted by Gasteiger charge is 2.07. The highest BCUT2D eigenvalue weighted by atomic mass is 79.9. The molecular formula is C12H11BrN2OS. The molecule has 5 heteroatoms. The molecule has 0 fully saturated rings. The molecular weight excluding hydrogens is 300 g/mol. The van der Waals surface area contributed by atoms with Crippen LogP contribution in [-0.2, 0) is 0 Å². The Hall–Kier alpha value is -0.910. The van der Waals surface area contributed by atoms with Crippen LogP contribution in [0.4, 0.5) is 0 Å². The van der Waals surface area contributed by atoms with Crippen molar-refractivity contribution in [2.75, 3.05) is 0 Å². The molecule has 0 saturated carbocycles. The van der Waals surface area contributed by atoms with Gasteiger partial charge in [-0.3, -0.25) is 4.98 Å². The number of hydrogen-bond donors (Lipinski definition) is 1. The van der Waals surface area contributed by atoms with Gasteiger partial charge in [0.15, 0.2) is 0 Å². The minimum Gasteiger partial charge on any atom is -0.389 e. The molecule has 0 aliphatic rings. The largest absolute Gasteiger partial charge is 0.389 e. The van der Waals surface area contributed by atoms with Crippen LogP contribution in [-0.4, -0.2) is 15.1 Å². The van der Waals surface area contributed by atoms with E-state index in [1.165, 1.54) is 11.8 Å². The smallest absolute Gasteiger partial charge is 0.119 e. The van der Waals surface area contributed by atoms with E-state index in [9.17, 15) is 5.11 Å². The van der Waals surface area contributed by atoms with Gasteiger partial charge in [0.25, 0.3) is 0 Å². The number of nitrogens with zero attached hydrogens (tertiary/aromatic N) is 2. The zero-order valence-corrected chi connectivity index (χ0v) is 11.6. The van der Waals surface area contributed by atoms with E-state index in [-0.39, 0.29) is 0 Å². The van der Waals surface area contributed by atoms with Gasteiger partial charge in [-0.2, -0.15) is 0 Å². The molecule has 0 unspecified atom stereocenters. The third kappa shape index (κ3) is 3.28. The third-order valence-corrected chi connectivity index (χ3v) is 3.78. The molecule has 2 aromatic rings. The van der Waals surface area contributed by atoms with Gasteiger partial charge in [-0.15, -0.1) is 0 Å². The fourth-order valence-corrected chi connectivity index (χ4v) is 3.01. The van der Waals surface area contributed by atoms with E-state index < -0.39 is 6.10 Å². The molecule has 3 nitrogen and oxygen atoms in total. The fraction of sp³-hybridized carbons (Fsp3) is 0.167. The summed E-state index contributed by atoms with van der Waals surface area (Å²) in [5.74, 6) is 0. The Morgan fingerprint density at radius 3 is 2.76 bits per heavy atom. The lowest BCUT2D eigenvalue weighted by molar-refractivity contribution is 0.198. The summed E-state index contributed by atoms with van der Waals surface area (Å²) in [6, 6.07) is 5.85. The molecule has 0 aliphatic carbocycles. The third-order valence-electron chi connectivity index (χ3n) is 2.18. The van der Waals surface area contributed by atoms with Crippen molar-refractivity contribution in [3.8, 4) is 0 Å². The molecule has 88 valence electrons. The zero-order chi connectivity index (χ0) is 12.3. The number of benzene rings is 1. The first-order chi connectivity index (χ1) is 8.16. The second-order valence-corrected chi connectivity index (χ2v) is 5.45. The van der Waals surface area contributed by atoms with Crippen LogP contribution in [0.2, 0.25) is 0 Å². The summed E-state index contributed by atoms with van der Waals surface area (Å²) in [6.07, 6.45) is 4.57. The highest BCUT2D eigenvalue weighted by molar-refractivity contribution is 9.10. The van der Waals surface area contributed by atoms with E-state index in [4.69, 9.17) is 0 Å². The van der Waals surface area contributed by atoms with E-state index in [2.05, 4.69) is 25.9 Å². The minimum absolute atomic E-state index is 0.472. The van der Waals surface area contributed by atoms with Crippen molar-refractivity contribution < 1.29 is 5.11 Å². The maximum Gasteiger partial charge on any atom is 0.119 e. The second kappa shape index (κ2) is 5.62. The Balaban J connectivity index is 2.21. The van der Waals surface area contributed by atoms with Gasteiger partial charge in [-0.25, -0.2) is 4.98 Å². The van der Waals surface area contributed by atoms with Crippen LogP contribution in [0.3, 0.4) is 0 Å². The Labute approximate surface area is 112 Å². The number of halogens is 1. The summed E-state index contributed by atoms with van der Waals surface area (Å²) < 4.78 is 0.904. The summed E-state index contributed by atoms with van der Waals surface area (Å²) in [5.41, 5.74) is 0.883. The first-order valence-electron chi connectivity index (χ1n) is 5.08. The monoisotopic (exact) mass is 310 g/mol. The molecule has 1 aromatic carbocycles. The van der Waals surface area contributed by atoms with Crippen LogP contribution in [0.5, 0.6) is 0 Å². The first kappa shape index (κ1) is 12.5. The Morgan fingerprint density at radius 2 is 2.18 bits per heavy atom. The molecule has 17 heavy (non-hydrogen) atoms. The number of aliphatic hydroxyl groups excluding tert-OH is 1. The second-order valence-electron chi connectivity index (χ2n) is 3.51. The molecule has 0 aliphatic heterocycles. The average molecular weight is 311 g/mol. The Bertz CT molecular complexity index is 505. The van der Waals surface area contributed by atoms with Crippen molar-refractivity contribution in [1.29, 1.82) is 0 Å². The number of aromatic nitrogens is 2. The van der Waals surface area contributed by atoms with E-state index >= 15 is 0 Å². The van der Waals surface area contributed by atoms with Gasteiger partial charge < -0.3 is 5.11 Å². The zero-order valence-electron chi connectivity index (χ0n) is 9.17. The van der Waals surface area contributed by atoms with Crippen molar-refractivity contribution >= 4 is 27.7 Å². The minimum atomic E-state index is -0.472. The molecule has 0 bridgehead atoms. The van der Waals surface area contributed by atoms with Crippen molar-refractivity contribution in [3.63, 3.8) is 0 Å². The SMILES string of the molecule is C[C@H](O)c1ccc(Sc2cnccn2)cc1Br. The molecule has 1 N–H and O–H groups in total. The number of hydrogen-bond acceptors (Lipinski definition) is 4. The molecule has 1 aromatic heterocycles. The van der Waals surface area contributed by atoms with Gasteiger partial charge in [0.2, 0.25) is 0 Å². The molecule has 1 heterocycles. The van der Waals surface area contributed by atoms with E-state index in [0.29, 0.717) is 0 Å².